The summed E-state index contributed by atoms with van der Waals surface area (Å²) in [5.41, 5.74) is 1.04. The molecule has 5 unspecified atom stereocenters. The van der Waals surface area contributed by atoms with Crippen molar-refractivity contribution in [3.05, 3.63) is 59.7 Å². The zero-order valence-electron chi connectivity index (χ0n) is 33.3. The van der Waals surface area contributed by atoms with Crippen LogP contribution in [0.25, 0.3) is 0 Å². The number of benzene rings is 1. The first-order valence-corrected chi connectivity index (χ1v) is 24.6. The lowest BCUT2D eigenvalue weighted by atomic mass is 9.66. The number of rotatable bonds is 12. The van der Waals surface area contributed by atoms with Gasteiger partial charge in [-0.2, -0.15) is 0 Å². The second-order valence-corrected chi connectivity index (χ2v) is 28.1. The Morgan fingerprint density at radius 3 is 2.12 bits per heavy atom. The average molecular weight is 727 g/mol. The molecule has 7 atom stereocenters. The Kier molecular flexibility index (Phi) is 12.6. The van der Waals surface area contributed by atoms with Gasteiger partial charge in [-0.3, -0.25) is 4.79 Å². The number of esters is 2. The minimum Gasteiger partial charge on any atom is -0.462 e. The summed E-state index contributed by atoms with van der Waals surface area (Å²) in [6.07, 6.45) is 9.16. The topological polar surface area (TPSA) is 80.3 Å². The summed E-state index contributed by atoms with van der Waals surface area (Å²) < 4.78 is 32.3. The molecule has 0 N–H and O–H groups in total. The first-order chi connectivity index (χ1) is 23.0. The lowest BCUT2D eigenvalue weighted by Crippen LogP contribution is -2.50. The molecule has 3 aliphatic rings. The van der Waals surface area contributed by atoms with Crippen molar-refractivity contribution in [2.24, 2.45) is 17.8 Å². The van der Waals surface area contributed by atoms with Gasteiger partial charge in [-0.1, -0.05) is 97.0 Å². The van der Waals surface area contributed by atoms with Gasteiger partial charge in [0.2, 0.25) is 0 Å². The van der Waals surface area contributed by atoms with Gasteiger partial charge in [-0.15, -0.1) is 0 Å². The third-order valence-corrected chi connectivity index (χ3v) is 21.1. The molecule has 1 aromatic rings. The van der Waals surface area contributed by atoms with Crippen molar-refractivity contribution in [1.82, 2.24) is 0 Å². The summed E-state index contributed by atoms with van der Waals surface area (Å²) in [6.45, 7) is 28.6. The summed E-state index contributed by atoms with van der Waals surface area (Å²) >= 11 is 0. The van der Waals surface area contributed by atoms with Crippen LogP contribution in [0.1, 0.15) is 100.0 Å². The van der Waals surface area contributed by atoms with Gasteiger partial charge in [-0.25, -0.2) is 4.79 Å². The van der Waals surface area contributed by atoms with Gasteiger partial charge in [0.15, 0.2) is 22.2 Å². The van der Waals surface area contributed by atoms with E-state index in [1.807, 2.05) is 30.3 Å². The van der Waals surface area contributed by atoms with E-state index in [0.717, 1.165) is 24.8 Å². The van der Waals surface area contributed by atoms with Crippen molar-refractivity contribution in [2.75, 3.05) is 0 Å². The Labute approximate surface area is 305 Å². The molecule has 1 aliphatic heterocycles. The van der Waals surface area contributed by atoms with Gasteiger partial charge in [-0.05, 0) is 85.9 Å². The van der Waals surface area contributed by atoms with Crippen LogP contribution in [0.2, 0.25) is 36.3 Å². The summed E-state index contributed by atoms with van der Waals surface area (Å²) in [5, 5.41) is 0.113. The van der Waals surface area contributed by atoms with Gasteiger partial charge >= 0.3 is 11.9 Å². The van der Waals surface area contributed by atoms with E-state index in [0.29, 0.717) is 19.4 Å². The maximum atomic E-state index is 13.9. The van der Waals surface area contributed by atoms with Crippen LogP contribution in [-0.4, -0.2) is 58.6 Å². The lowest BCUT2D eigenvalue weighted by molar-refractivity contribution is -0.180. The molecule has 1 aromatic carbocycles. The van der Waals surface area contributed by atoms with E-state index in [1.54, 1.807) is 13.8 Å². The predicted octanol–water partition coefficient (Wildman–Crippen LogP) is 9.93. The second-order valence-electron chi connectivity index (χ2n) is 18.6. The molecular formula is C41H66O7Si2. The molecule has 0 radical (unpaired) electrons. The summed E-state index contributed by atoms with van der Waals surface area (Å²) in [4.78, 5) is 26.8. The Morgan fingerprint density at radius 2 is 1.50 bits per heavy atom. The molecule has 1 fully saturated rings. The van der Waals surface area contributed by atoms with Crippen LogP contribution in [0, 0.1) is 17.8 Å². The Bertz CT molecular complexity index is 1390. The molecule has 4 rings (SSSR count). The fraction of sp³-hybridized carbons (Fsp3) is 0.707. The van der Waals surface area contributed by atoms with E-state index < -0.39 is 22.2 Å². The van der Waals surface area contributed by atoms with Crippen LogP contribution in [-0.2, 0) is 39.3 Å². The number of cyclic esters (lactones) is 1. The average Bonchev–Trinajstić information content (AvgIpc) is 2.98. The first-order valence-electron chi connectivity index (χ1n) is 18.8. The lowest BCUT2D eigenvalue weighted by Gasteiger charge is -2.46. The van der Waals surface area contributed by atoms with Crippen LogP contribution in [0.3, 0.4) is 0 Å². The van der Waals surface area contributed by atoms with Gasteiger partial charge in [0.25, 0.3) is 0 Å². The summed E-state index contributed by atoms with van der Waals surface area (Å²) in [7, 11) is -4.14. The van der Waals surface area contributed by atoms with Gasteiger partial charge < -0.3 is 23.1 Å². The monoisotopic (exact) mass is 726 g/mol. The van der Waals surface area contributed by atoms with E-state index in [2.05, 4.69) is 92.9 Å². The second kappa shape index (κ2) is 15.5. The largest absolute Gasteiger partial charge is 0.462 e. The molecule has 7 nitrogen and oxygen atoms in total. The third kappa shape index (κ3) is 10.1. The predicted molar refractivity (Wildman–Crippen MR) is 206 cm³/mol. The van der Waals surface area contributed by atoms with Crippen LogP contribution < -0.4 is 0 Å². The van der Waals surface area contributed by atoms with Crippen LogP contribution in [0.4, 0.5) is 0 Å². The fourth-order valence-corrected chi connectivity index (χ4v) is 9.51. The van der Waals surface area contributed by atoms with Gasteiger partial charge in [0.05, 0.1) is 25.2 Å². The maximum absolute atomic E-state index is 13.9. The van der Waals surface area contributed by atoms with E-state index in [1.165, 1.54) is 5.57 Å². The highest BCUT2D eigenvalue weighted by molar-refractivity contribution is 6.74. The number of fused-ring (bicyclic) bond motifs is 1. The molecule has 1 heterocycles. The van der Waals surface area contributed by atoms with E-state index >= 15 is 0 Å². The third-order valence-electron chi connectivity index (χ3n) is 12.1. The molecule has 0 bridgehead atoms. The number of ether oxygens (including phenoxy) is 3. The van der Waals surface area contributed by atoms with Crippen LogP contribution in [0.5, 0.6) is 0 Å². The highest BCUT2D eigenvalue weighted by atomic mass is 28.4. The normalized spacial score (nSPS) is 28.1. The molecule has 0 saturated carbocycles. The SMILES string of the molecule is CC1C=CC2=CC(O[Si](C)(C)C(C)(C)C)CC(OC(=O)C(C)(C)OCc3ccccc3)C2C1CC[C@@H]1C[C@@H](O[Si](C)(C)C(C)(C)C)CC(=O)O1. The molecular weight excluding hydrogens is 661 g/mol. The summed E-state index contributed by atoms with van der Waals surface area (Å²) in [5.74, 6) is -0.0704. The maximum Gasteiger partial charge on any atom is 0.338 e. The van der Waals surface area contributed by atoms with Crippen molar-refractivity contribution >= 4 is 28.6 Å². The Balaban J connectivity index is 1.55. The minimum absolute atomic E-state index is 0.00158. The highest BCUT2D eigenvalue weighted by Crippen LogP contribution is 2.47. The Morgan fingerprint density at radius 1 is 0.880 bits per heavy atom. The molecule has 0 spiro atoms. The van der Waals surface area contributed by atoms with E-state index in [-0.39, 0.29) is 64.2 Å². The molecule has 50 heavy (non-hydrogen) atoms. The smallest absolute Gasteiger partial charge is 0.338 e. The molecule has 2 aliphatic carbocycles. The van der Waals surface area contributed by atoms with Crippen LogP contribution in [0.15, 0.2) is 54.1 Å². The number of allylic oxidation sites excluding steroid dienone is 2. The molecule has 9 heteroatoms. The minimum atomic E-state index is -2.11. The number of hydrogen-bond acceptors (Lipinski definition) is 7. The zero-order valence-corrected chi connectivity index (χ0v) is 35.3. The number of hydrogen-bond donors (Lipinski definition) is 0. The highest BCUT2D eigenvalue weighted by Gasteiger charge is 2.47. The van der Waals surface area contributed by atoms with Gasteiger partial charge in [0.1, 0.15) is 12.2 Å². The van der Waals surface area contributed by atoms with E-state index in [9.17, 15) is 9.59 Å². The Hall–Kier alpha value is -2.05. The van der Waals surface area contributed by atoms with E-state index in [4.69, 9.17) is 23.1 Å². The molecule has 0 amide bonds. The first kappa shape index (κ1) is 40.7. The van der Waals surface area contributed by atoms with Crippen molar-refractivity contribution in [3.63, 3.8) is 0 Å². The number of carbonyl (C=O) groups excluding carboxylic acids is 2. The standard InChI is InChI=1S/C41H66O7Si2/c1-28-19-20-30-23-32(47-49(10,11)39(2,3)4)25-35(46-38(43)41(8,9)44-27-29-17-15-14-16-18-29)37(30)34(28)22-21-31-24-33(26-36(42)45-31)48-50(12,13)40(5,6)7/h14-20,23,28,31-35,37H,21-22,24-27H2,1-13H3/t28?,31-,32?,33-,34?,35?,37?/m1/s1. The van der Waals surface area contributed by atoms with Crippen molar-refractivity contribution in [3.8, 4) is 0 Å². The number of carbonyl (C=O) groups is 2. The molecule has 280 valence electrons. The van der Waals surface area contributed by atoms with Crippen molar-refractivity contribution in [2.45, 2.75) is 167 Å². The van der Waals surface area contributed by atoms with Crippen LogP contribution >= 0.6 is 0 Å². The van der Waals surface area contributed by atoms with Crippen molar-refractivity contribution in [1.29, 1.82) is 0 Å². The summed E-state index contributed by atoms with van der Waals surface area (Å²) in [6, 6.07) is 9.89. The molecule has 0 aromatic heterocycles. The quantitative estimate of drug-likeness (QED) is 0.157. The zero-order chi connectivity index (χ0) is 37.3. The van der Waals surface area contributed by atoms with Gasteiger partial charge in [0, 0.05) is 18.8 Å². The molecule has 1 saturated heterocycles. The fourth-order valence-electron chi connectivity index (χ4n) is 6.87. The van der Waals surface area contributed by atoms with Crippen molar-refractivity contribution < 1.29 is 32.7 Å².